The number of aromatic nitrogens is 1. The molecule has 0 fully saturated rings. The summed E-state index contributed by atoms with van der Waals surface area (Å²) >= 11 is 1.45. The smallest absolute Gasteiger partial charge is 0.261 e. The van der Waals surface area contributed by atoms with E-state index in [1.165, 1.54) is 11.3 Å². The Kier molecular flexibility index (Phi) is 4.16. The molecule has 1 aromatic heterocycles. The van der Waals surface area contributed by atoms with E-state index >= 15 is 0 Å². The molecule has 4 nitrogen and oxygen atoms in total. The summed E-state index contributed by atoms with van der Waals surface area (Å²) in [6.45, 7) is 5.81. The van der Waals surface area contributed by atoms with Crippen LogP contribution in [0.2, 0.25) is 0 Å². The van der Waals surface area contributed by atoms with Crippen LogP contribution in [0.25, 0.3) is 0 Å². The van der Waals surface area contributed by atoms with Crippen molar-refractivity contribution in [2.75, 3.05) is 5.32 Å². The third-order valence-corrected chi connectivity index (χ3v) is 3.16. The van der Waals surface area contributed by atoms with Crippen molar-refractivity contribution in [3.63, 3.8) is 0 Å². The standard InChI is InChI=1S/C14H16N2O2S/c1-9(2)18-12-7-5-4-6-11(12)13(17)16-14-15-8-10(3)19-14/h4-9H,1-3H3,(H,15,16,17). The molecule has 1 aromatic carbocycles. The molecule has 2 rings (SSSR count). The van der Waals surface area contributed by atoms with Gasteiger partial charge in [-0.2, -0.15) is 0 Å². The summed E-state index contributed by atoms with van der Waals surface area (Å²) in [7, 11) is 0. The minimum atomic E-state index is -0.203. The summed E-state index contributed by atoms with van der Waals surface area (Å²) in [6, 6.07) is 7.20. The number of hydrogen-bond donors (Lipinski definition) is 1. The van der Waals surface area contributed by atoms with E-state index in [2.05, 4.69) is 10.3 Å². The van der Waals surface area contributed by atoms with Gasteiger partial charge in [0, 0.05) is 11.1 Å². The molecule has 0 radical (unpaired) electrons. The molecule has 1 amide bonds. The molecule has 0 aliphatic carbocycles. The number of rotatable bonds is 4. The first-order valence-electron chi connectivity index (χ1n) is 6.05. The normalized spacial score (nSPS) is 10.5. The van der Waals surface area contributed by atoms with Crippen molar-refractivity contribution in [1.82, 2.24) is 4.98 Å². The molecule has 0 atom stereocenters. The molecule has 19 heavy (non-hydrogen) atoms. The molecular formula is C14H16N2O2S. The summed E-state index contributed by atoms with van der Waals surface area (Å²) in [5, 5.41) is 3.38. The van der Waals surface area contributed by atoms with Gasteiger partial charge in [0.15, 0.2) is 5.13 Å². The van der Waals surface area contributed by atoms with Gasteiger partial charge < -0.3 is 4.74 Å². The van der Waals surface area contributed by atoms with E-state index in [0.29, 0.717) is 16.4 Å². The number of carbonyl (C=O) groups is 1. The molecule has 100 valence electrons. The molecule has 1 heterocycles. The van der Waals surface area contributed by atoms with Crippen LogP contribution >= 0.6 is 11.3 Å². The molecule has 0 unspecified atom stereocenters. The first-order valence-corrected chi connectivity index (χ1v) is 6.87. The molecule has 1 N–H and O–H groups in total. The fourth-order valence-electron chi connectivity index (χ4n) is 1.59. The Bertz CT molecular complexity index is 578. The third kappa shape index (κ3) is 3.54. The van der Waals surface area contributed by atoms with Crippen molar-refractivity contribution in [1.29, 1.82) is 0 Å². The molecule has 0 aliphatic rings. The molecule has 2 aromatic rings. The fourth-order valence-corrected chi connectivity index (χ4v) is 2.25. The lowest BCUT2D eigenvalue weighted by molar-refractivity contribution is 0.102. The lowest BCUT2D eigenvalue weighted by Crippen LogP contribution is -2.15. The predicted octanol–water partition coefficient (Wildman–Crippen LogP) is 3.49. The second-order valence-electron chi connectivity index (χ2n) is 4.39. The molecule has 0 saturated carbocycles. The SMILES string of the molecule is Cc1cnc(NC(=O)c2ccccc2OC(C)C)s1. The van der Waals surface area contributed by atoms with Gasteiger partial charge >= 0.3 is 0 Å². The molecule has 0 aliphatic heterocycles. The highest BCUT2D eigenvalue weighted by atomic mass is 32.1. The predicted molar refractivity (Wildman–Crippen MR) is 77.0 cm³/mol. The highest BCUT2D eigenvalue weighted by Crippen LogP contribution is 2.22. The maximum atomic E-state index is 12.2. The van der Waals surface area contributed by atoms with Gasteiger partial charge in [-0.25, -0.2) is 4.98 Å². The van der Waals surface area contributed by atoms with Crippen LogP contribution in [0.5, 0.6) is 5.75 Å². The van der Waals surface area contributed by atoms with Gasteiger partial charge in [0.25, 0.3) is 5.91 Å². The van der Waals surface area contributed by atoms with Crippen molar-refractivity contribution in [3.8, 4) is 5.75 Å². The molecule has 0 spiro atoms. The second-order valence-corrected chi connectivity index (χ2v) is 5.63. The van der Waals surface area contributed by atoms with E-state index in [0.717, 1.165) is 4.88 Å². The summed E-state index contributed by atoms with van der Waals surface area (Å²) < 4.78 is 5.63. The first-order chi connectivity index (χ1) is 9.06. The van der Waals surface area contributed by atoms with Gasteiger partial charge in [-0.05, 0) is 32.9 Å². The van der Waals surface area contributed by atoms with Gasteiger partial charge in [-0.15, -0.1) is 11.3 Å². The zero-order valence-electron chi connectivity index (χ0n) is 11.1. The Labute approximate surface area is 116 Å². The average Bonchev–Trinajstić information content (AvgIpc) is 2.74. The second kappa shape index (κ2) is 5.84. The van der Waals surface area contributed by atoms with Crippen LogP contribution in [0.4, 0.5) is 5.13 Å². The molecule has 0 saturated heterocycles. The number of benzene rings is 1. The van der Waals surface area contributed by atoms with Crippen molar-refractivity contribution in [3.05, 3.63) is 40.9 Å². The zero-order valence-corrected chi connectivity index (χ0v) is 12.0. The summed E-state index contributed by atoms with van der Waals surface area (Å²) in [5.41, 5.74) is 0.518. The van der Waals surface area contributed by atoms with Crippen LogP contribution in [-0.4, -0.2) is 17.0 Å². The van der Waals surface area contributed by atoms with E-state index in [1.54, 1.807) is 18.3 Å². The zero-order chi connectivity index (χ0) is 13.8. The van der Waals surface area contributed by atoms with Gasteiger partial charge in [-0.1, -0.05) is 12.1 Å². The maximum Gasteiger partial charge on any atom is 0.261 e. The van der Waals surface area contributed by atoms with Crippen LogP contribution in [0.15, 0.2) is 30.5 Å². The first kappa shape index (κ1) is 13.5. The highest BCUT2D eigenvalue weighted by molar-refractivity contribution is 7.15. The van der Waals surface area contributed by atoms with Crippen molar-refractivity contribution in [2.24, 2.45) is 0 Å². The molecule has 5 heteroatoms. The van der Waals surface area contributed by atoms with Crippen LogP contribution in [0.1, 0.15) is 29.1 Å². The number of carbonyl (C=O) groups excluding carboxylic acids is 1. The Balaban J connectivity index is 2.18. The van der Waals surface area contributed by atoms with E-state index in [1.807, 2.05) is 32.9 Å². The number of para-hydroxylation sites is 1. The number of hydrogen-bond acceptors (Lipinski definition) is 4. The number of amides is 1. The Morgan fingerprint density at radius 3 is 2.74 bits per heavy atom. The topological polar surface area (TPSA) is 51.2 Å². The average molecular weight is 276 g/mol. The van der Waals surface area contributed by atoms with Crippen LogP contribution in [0.3, 0.4) is 0 Å². The lowest BCUT2D eigenvalue weighted by atomic mass is 10.2. The number of nitrogens with zero attached hydrogens (tertiary/aromatic N) is 1. The van der Waals surface area contributed by atoms with E-state index in [-0.39, 0.29) is 12.0 Å². The van der Waals surface area contributed by atoms with Crippen molar-refractivity contribution >= 4 is 22.4 Å². The van der Waals surface area contributed by atoms with Crippen molar-refractivity contribution in [2.45, 2.75) is 26.9 Å². The summed E-state index contributed by atoms with van der Waals surface area (Å²) in [5.74, 6) is 0.383. The number of ether oxygens (including phenoxy) is 1. The molecule has 0 bridgehead atoms. The highest BCUT2D eigenvalue weighted by Gasteiger charge is 2.14. The van der Waals surface area contributed by atoms with Gasteiger partial charge in [0.05, 0.1) is 11.7 Å². The van der Waals surface area contributed by atoms with E-state index in [4.69, 9.17) is 4.74 Å². The summed E-state index contributed by atoms with van der Waals surface area (Å²) in [4.78, 5) is 17.4. The van der Waals surface area contributed by atoms with Crippen molar-refractivity contribution < 1.29 is 9.53 Å². The number of thiazole rings is 1. The molecular weight excluding hydrogens is 260 g/mol. The largest absolute Gasteiger partial charge is 0.490 e. The maximum absolute atomic E-state index is 12.2. The Morgan fingerprint density at radius 1 is 1.37 bits per heavy atom. The van der Waals surface area contributed by atoms with Crippen LogP contribution in [0, 0.1) is 6.92 Å². The number of anilines is 1. The summed E-state index contributed by atoms with van der Waals surface area (Å²) in [6.07, 6.45) is 1.76. The Hall–Kier alpha value is -1.88. The minimum Gasteiger partial charge on any atom is -0.490 e. The number of nitrogens with one attached hydrogen (secondary N) is 1. The van der Waals surface area contributed by atoms with E-state index in [9.17, 15) is 4.79 Å². The van der Waals surface area contributed by atoms with Crippen LogP contribution < -0.4 is 10.1 Å². The third-order valence-electron chi connectivity index (χ3n) is 2.34. The monoisotopic (exact) mass is 276 g/mol. The Morgan fingerprint density at radius 2 is 2.11 bits per heavy atom. The fraction of sp³-hybridized carbons (Fsp3) is 0.286. The van der Waals surface area contributed by atoms with Crippen LogP contribution in [-0.2, 0) is 0 Å². The van der Waals surface area contributed by atoms with E-state index < -0.39 is 0 Å². The number of aryl methyl sites for hydroxylation is 1. The minimum absolute atomic E-state index is 0.0241. The van der Waals surface area contributed by atoms with Gasteiger partial charge in [-0.3, -0.25) is 10.1 Å². The van der Waals surface area contributed by atoms with Gasteiger partial charge in [0.1, 0.15) is 5.75 Å². The quantitative estimate of drug-likeness (QED) is 0.930. The van der Waals surface area contributed by atoms with Gasteiger partial charge in [0.2, 0.25) is 0 Å². The lowest BCUT2D eigenvalue weighted by Gasteiger charge is -2.13.